The zero-order valence-electron chi connectivity index (χ0n) is 10.0. The lowest BCUT2D eigenvalue weighted by Gasteiger charge is -2.30. The summed E-state index contributed by atoms with van der Waals surface area (Å²) in [7, 11) is 0. The van der Waals surface area contributed by atoms with Crippen molar-refractivity contribution in [1.29, 1.82) is 0 Å². The first-order valence-electron chi connectivity index (χ1n) is 5.91. The molecule has 1 aliphatic heterocycles. The molecule has 2 atom stereocenters. The minimum Gasteiger partial charge on any atom is -0.484 e. The summed E-state index contributed by atoms with van der Waals surface area (Å²) in [5, 5.41) is 2.04. The van der Waals surface area contributed by atoms with Gasteiger partial charge in [-0.25, -0.2) is 4.39 Å². The Morgan fingerprint density at radius 2 is 2.22 bits per heavy atom. The van der Waals surface area contributed by atoms with Crippen LogP contribution in [0.25, 0.3) is 0 Å². The summed E-state index contributed by atoms with van der Waals surface area (Å²) in [6.45, 7) is 2.06. The van der Waals surface area contributed by atoms with Gasteiger partial charge in [0.05, 0.1) is 0 Å². The zero-order chi connectivity index (χ0) is 12.7. The number of thiophene rings is 1. The highest BCUT2D eigenvalue weighted by Crippen LogP contribution is 2.42. The molecular formula is C14H14FNOS. The van der Waals surface area contributed by atoms with E-state index in [1.165, 1.54) is 22.6 Å². The van der Waals surface area contributed by atoms with Crippen molar-refractivity contribution in [2.45, 2.75) is 25.5 Å². The van der Waals surface area contributed by atoms with Crippen LogP contribution < -0.4 is 10.5 Å². The number of hydrogen-bond donors (Lipinski definition) is 1. The molecule has 4 heteroatoms. The standard InChI is InChI=1S/C14H14FNOS/c1-8-4-5-18-14(8)13-7-11(16)10-3-2-9(15)6-12(10)17-13/h2-6,11,13H,7,16H2,1H3/t11-,13?/m0/s1. The summed E-state index contributed by atoms with van der Waals surface area (Å²) in [5.74, 6) is 0.288. The molecule has 2 heterocycles. The molecule has 0 fully saturated rings. The maximum absolute atomic E-state index is 13.3. The molecule has 0 bridgehead atoms. The van der Waals surface area contributed by atoms with Crippen LogP contribution in [0.2, 0.25) is 0 Å². The summed E-state index contributed by atoms with van der Waals surface area (Å²) >= 11 is 1.66. The third-order valence-electron chi connectivity index (χ3n) is 3.31. The van der Waals surface area contributed by atoms with Crippen LogP contribution in [0.1, 0.15) is 34.6 Å². The number of fused-ring (bicyclic) bond motifs is 1. The lowest BCUT2D eigenvalue weighted by molar-refractivity contribution is 0.163. The predicted octanol–water partition coefficient (Wildman–Crippen LogP) is 3.72. The Hall–Kier alpha value is -1.39. The van der Waals surface area contributed by atoms with E-state index in [2.05, 4.69) is 13.0 Å². The molecular weight excluding hydrogens is 249 g/mol. The first-order valence-corrected chi connectivity index (χ1v) is 6.79. The molecule has 0 aliphatic carbocycles. The minimum absolute atomic E-state index is 0.0608. The number of aryl methyl sites for hydroxylation is 1. The number of rotatable bonds is 1. The average Bonchev–Trinajstić information content (AvgIpc) is 2.74. The van der Waals surface area contributed by atoms with Crippen molar-refractivity contribution in [2.75, 3.05) is 0 Å². The van der Waals surface area contributed by atoms with Crippen LogP contribution in [0.3, 0.4) is 0 Å². The Balaban J connectivity index is 1.98. The number of ether oxygens (including phenoxy) is 1. The summed E-state index contributed by atoms with van der Waals surface area (Å²) in [5.41, 5.74) is 8.24. The van der Waals surface area contributed by atoms with Gasteiger partial charge in [0, 0.05) is 29.0 Å². The molecule has 0 spiro atoms. The molecule has 2 nitrogen and oxygen atoms in total. The number of halogens is 1. The van der Waals surface area contributed by atoms with E-state index in [9.17, 15) is 4.39 Å². The van der Waals surface area contributed by atoms with Gasteiger partial charge in [-0.05, 0) is 30.0 Å². The normalized spacial score (nSPS) is 22.4. The van der Waals surface area contributed by atoms with Gasteiger partial charge in [0.1, 0.15) is 17.7 Å². The molecule has 0 saturated carbocycles. The molecule has 0 amide bonds. The minimum atomic E-state index is -0.287. The van der Waals surface area contributed by atoms with Crippen molar-refractivity contribution in [3.05, 3.63) is 51.5 Å². The van der Waals surface area contributed by atoms with Crippen LogP contribution >= 0.6 is 11.3 Å². The molecule has 94 valence electrons. The SMILES string of the molecule is Cc1ccsc1C1C[C@H](N)c2ccc(F)cc2O1. The second-order valence-electron chi connectivity index (χ2n) is 4.60. The summed E-state index contributed by atoms with van der Waals surface area (Å²) in [6, 6.07) is 6.53. The predicted molar refractivity (Wildman–Crippen MR) is 70.4 cm³/mol. The molecule has 2 aromatic rings. The van der Waals surface area contributed by atoms with E-state index in [0.29, 0.717) is 5.75 Å². The third-order valence-corrected chi connectivity index (χ3v) is 4.42. The molecule has 1 unspecified atom stereocenters. The van der Waals surface area contributed by atoms with Crippen LogP contribution in [-0.4, -0.2) is 0 Å². The van der Waals surface area contributed by atoms with Gasteiger partial charge in [-0.2, -0.15) is 0 Å². The summed E-state index contributed by atoms with van der Waals surface area (Å²) in [6.07, 6.45) is 0.675. The Kier molecular flexibility index (Phi) is 2.84. The Morgan fingerprint density at radius 1 is 1.39 bits per heavy atom. The van der Waals surface area contributed by atoms with Crippen molar-refractivity contribution in [2.24, 2.45) is 5.73 Å². The zero-order valence-corrected chi connectivity index (χ0v) is 10.8. The van der Waals surface area contributed by atoms with E-state index >= 15 is 0 Å². The lowest BCUT2D eigenvalue weighted by Crippen LogP contribution is -2.24. The molecule has 1 aliphatic rings. The number of nitrogens with two attached hydrogens (primary N) is 1. The molecule has 18 heavy (non-hydrogen) atoms. The highest BCUT2D eigenvalue weighted by Gasteiger charge is 2.28. The van der Waals surface area contributed by atoms with E-state index in [4.69, 9.17) is 10.5 Å². The molecule has 1 aromatic heterocycles. The fourth-order valence-corrected chi connectivity index (χ4v) is 3.32. The molecule has 0 radical (unpaired) electrons. The number of hydrogen-bond acceptors (Lipinski definition) is 3. The fourth-order valence-electron chi connectivity index (χ4n) is 2.35. The van der Waals surface area contributed by atoms with Gasteiger partial charge < -0.3 is 10.5 Å². The van der Waals surface area contributed by atoms with E-state index in [1.54, 1.807) is 17.4 Å². The maximum Gasteiger partial charge on any atom is 0.135 e. The van der Waals surface area contributed by atoms with Crippen molar-refractivity contribution in [3.8, 4) is 5.75 Å². The maximum atomic E-state index is 13.3. The largest absolute Gasteiger partial charge is 0.484 e. The van der Waals surface area contributed by atoms with Crippen molar-refractivity contribution in [3.63, 3.8) is 0 Å². The van der Waals surface area contributed by atoms with Gasteiger partial charge in [-0.1, -0.05) is 6.07 Å². The highest BCUT2D eigenvalue weighted by molar-refractivity contribution is 7.10. The lowest BCUT2D eigenvalue weighted by atomic mass is 9.96. The van der Waals surface area contributed by atoms with Crippen molar-refractivity contribution >= 4 is 11.3 Å². The second kappa shape index (κ2) is 4.37. The van der Waals surface area contributed by atoms with Gasteiger partial charge in [0.2, 0.25) is 0 Å². The average molecular weight is 263 g/mol. The smallest absolute Gasteiger partial charge is 0.135 e. The molecule has 0 saturated heterocycles. The molecule has 3 rings (SSSR count). The third kappa shape index (κ3) is 1.91. The van der Waals surface area contributed by atoms with Gasteiger partial charge >= 0.3 is 0 Å². The summed E-state index contributed by atoms with van der Waals surface area (Å²) in [4.78, 5) is 1.18. The van der Waals surface area contributed by atoms with Crippen LogP contribution in [0, 0.1) is 12.7 Å². The Bertz CT molecular complexity index is 581. The monoisotopic (exact) mass is 263 g/mol. The Labute approximate surface area is 109 Å². The first-order chi connectivity index (χ1) is 8.65. The van der Waals surface area contributed by atoms with E-state index in [1.807, 2.05) is 5.38 Å². The molecule has 2 N–H and O–H groups in total. The highest BCUT2D eigenvalue weighted by atomic mass is 32.1. The fraction of sp³-hybridized carbons (Fsp3) is 0.286. The van der Waals surface area contributed by atoms with Crippen LogP contribution in [0.4, 0.5) is 4.39 Å². The van der Waals surface area contributed by atoms with Gasteiger partial charge in [-0.15, -0.1) is 11.3 Å². The van der Waals surface area contributed by atoms with E-state index in [-0.39, 0.29) is 18.0 Å². The van der Waals surface area contributed by atoms with Crippen molar-refractivity contribution in [1.82, 2.24) is 0 Å². The van der Waals surface area contributed by atoms with Crippen molar-refractivity contribution < 1.29 is 9.13 Å². The van der Waals surface area contributed by atoms with E-state index in [0.717, 1.165) is 12.0 Å². The second-order valence-corrected chi connectivity index (χ2v) is 5.55. The van der Waals surface area contributed by atoms with E-state index < -0.39 is 0 Å². The van der Waals surface area contributed by atoms with Gasteiger partial charge in [-0.3, -0.25) is 0 Å². The number of benzene rings is 1. The Morgan fingerprint density at radius 3 is 2.94 bits per heavy atom. The topological polar surface area (TPSA) is 35.2 Å². The summed E-state index contributed by atoms with van der Waals surface area (Å²) < 4.78 is 19.2. The molecule has 1 aromatic carbocycles. The first kappa shape index (κ1) is 11.7. The van der Waals surface area contributed by atoms with Gasteiger partial charge in [0.25, 0.3) is 0 Å². The van der Waals surface area contributed by atoms with Crippen LogP contribution in [0.5, 0.6) is 5.75 Å². The van der Waals surface area contributed by atoms with Gasteiger partial charge in [0.15, 0.2) is 0 Å². The van der Waals surface area contributed by atoms with Crippen LogP contribution in [0.15, 0.2) is 29.6 Å². The quantitative estimate of drug-likeness (QED) is 0.851. The van der Waals surface area contributed by atoms with Crippen LogP contribution in [-0.2, 0) is 0 Å².